The second kappa shape index (κ2) is 5.25. The van der Waals surface area contributed by atoms with Crippen molar-refractivity contribution in [3.8, 4) is 0 Å². The highest BCUT2D eigenvalue weighted by molar-refractivity contribution is 4.87. The van der Waals surface area contributed by atoms with Gasteiger partial charge in [-0.15, -0.1) is 0 Å². The van der Waals surface area contributed by atoms with Gasteiger partial charge in [-0.3, -0.25) is 0 Å². The maximum absolute atomic E-state index is 5.64. The number of hydrogen-bond donors (Lipinski definition) is 0. The van der Waals surface area contributed by atoms with Crippen molar-refractivity contribution in [1.82, 2.24) is 4.90 Å². The average molecular weight is 201 g/mol. The highest BCUT2D eigenvalue weighted by atomic mass is 16.5. The van der Waals surface area contributed by atoms with Crippen LogP contribution in [-0.4, -0.2) is 37.3 Å². The molecule has 0 aromatic carbocycles. The van der Waals surface area contributed by atoms with E-state index in [0.29, 0.717) is 12.5 Å². The molecule has 84 valence electrons. The minimum absolute atomic E-state index is 0.196. The van der Waals surface area contributed by atoms with Gasteiger partial charge in [0.1, 0.15) is 5.60 Å². The molecule has 0 amide bonds. The van der Waals surface area contributed by atoms with Gasteiger partial charge in [0.15, 0.2) is 5.88 Å². The summed E-state index contributed by atoms with van der Waals surface area (Å²) in [5, 5.41) is 0. The summed E-state index contributed by atoms with van der Waals surface area (Å²) in [7, 11) is 3.65. The summed E-state index contributed by atoms with van der Waals surface area (Å²) in [6.07, 6.45) is 0. The molecule has 1 atom stereocenters. The van der Waals surface area contributed by atoms with E-state index in [9.17, 15) is 0 Å². The van der Waals surface area contributed by atoms with E-state index in [0.717, 1.165) is 0 Å². The van der Waals surface area contributed by atoms with Gasteiger partial charge in [-0.05, 0) is 34.3 Å². The largest absolute Gasteiger partial charge is 0.474 e. The molecular weight excluding hydrogens is 178 g/mol. The van der Waals surface area contributed by atoms with Crippen molar-refractivity contribution in [3.05, 3.63) is 12.5 Å². The van der Waals surface area contributed by atoms with Gasteiger partial charge in [0.05, 0.1) is 12.6 Å². The van der Waals surface area contributed by atoms with Crippen molar-refractivity contribution in [2.75, 3.05) is 20.8 Å². The normalized spacial score (nSPS) is 13.6. The third kappa shape index (κ3) is 5.12. The Hall–Kier alpha value is -0.700. The Kier molecular flexibility index (Phi) is 4.99. The van der Waals surface area contributed by atoms with E-state index in [1.165, 1.54) is 0 Å². The van der Waals surface area contributed by atoms with Crippen molar-refractivity contribution in [3.63, 3.8) is 0 Å². The summed E-state index contributed by atoms with van der Waals surface area (Å²) in [6.45, 7) is 12.7. The topological polar surface area (TPSA) is 21.7 Å². The smallest absolute Gasteiger partial charge is 0.182 e. The van der Waals surface area contributed by atoms with Gasteiger partial charge in [-0.2, -0.15) is 0 Å². The first-order valence-corrected chi connectivity index (χ1v) is 4.87. The SMILES string of the molecule is C=C(OC(C)(C)C)N(C)[C@@H](C)COC. The molecule has 0 radical (unpaired) electrons. The zero-order chi connectivity index (χ0) is 11.4. The van der Waals surface area contributed by atoms with Crippen LogP contribution in [0.3, 0.4) is 0 Å². The first kappa shape index (κ1) is 13.3. The van der Waals surface area contributed by atoms with Gasteiger partial charge in [-0.1, -0.05) is 0 Å². The molecule has 0 unspecified atom stereocenters. The number of ether oxygens (including phenoxy) is 2. The summed E-state index contributed by atoms with van der Waals surface area (Å²) in [5.74, 6) is 0.682. The second-order valence-corrected chi connectivity index (χ2v) is 4.52. The first-order valence-electron chi connectivity index (χ1n) is 4.87. The van der Waals surface area contributed by atoms with Gasteiger partial charge in [0.25, 0.3) is 0 Å². The number of hydrogen-bond acceptors (Lipinski definition) is 3. The van der Waals surface area contributed by atoms with Gasteiger partial charge in [0, 0.05) is 14.2 Å². The molecule has 0 saturated heterocycles. The molecule has 3 heteroatoms. The van der Waals surface area contributed by atoms with Crippen molar-refractivity contribution in [2.24, 2.45) is 0 Å². The van der Waals surface area contributed by atoms with Crippen molar-refractivity contribution in [1.29, 1.82) is 0 Å². The molecule has 0 aliphatic heterocycles. The number of likely N-dealkylation sites (N-methyl/N-ethyl adjacent to an activating group) is 1. The van der Waals surface area contributed by atoms with Crippen molar-refractivity contribution < 1.29 is 9.47 Å². The molecule has 0 heterocycles. The first-order chi connectivity index (χ1) is 6.28. The van der Waals surface area contributed by atoms with E-state index in [4.69, 9.17) is 9.47 Å². The highest BCUT2D eigenvalue weighted by Gasteiger charge is 2.17. The molecule has 0 N–H and O–H groups in total. The van der Waals surface area contributed by atoms with Crippen molar-refractivity contribution >= 4 is 0 Å². The molecule has 0 spiro atoms. The Balaban J connectivity index is 4.12. The van der Waals surface area contributed by atoms with Crippen LogP contribution in [0.25, 0.3) is 0 Å². The second-order valence-electron chi connectivity index (χ2n) is 4.52. The lowest BCUT2D eigenvalue weighted by molar-refractivity contribution is -0.00813. The monoisotopic (exact) mass is 201 g/mol. The summed E-state index contributed by atoms with van der Waals surface area (Å²) in [4.78, 5) is 1.98. The number of methoxy groups -OCH3 is 1. The summed E-state index contributed by atoms with van der Waals surface area (Å²) in [5.41, 5.74) is -0.196. The third-order valence-electron chi connectivity index (χ3n) is 1.89. The van der Waals surface area contributed by atoms with Crippen LogP contribution >= 0.6 is 0 Å². The zero-order valence-corrected chi connectivity index (χ0v) is 10.3. The van der Waals surface area contributed by atoms with E-state index in [2.05, 4.69) is 13.5 Å². The van der Waals surface area contributed by atoms with Gasteiger partial charge in [0.2, 0.25) is 0 Å². The fourth-order valence-corrected chi connectivity index (χ4v) is 1.02. The maximum atomic E-state index is 5.64. The molecule has 0 aliphatic carbocycles. The molecule has 0 saturated carbocycles. The average Bonchev–Trinajstić information content (AvgIpc) is 2.00. The standard InChI is InChI=1S/C11H23NO2/c1-9(8-13-7)12(6)10(2)14-11(3,4)5/h9H,2,8H2,1,3-7H3/t9-/m0/s1. The molecule has 14 heavy (non-hydrogen) atoms. The van der Waals surface area contributed by atoms with Crippen LogP contribution < -0.4 is 0 Å². The van der Waals surface area contributed by atoms with E-state index in [1.54, 1.807) is 7.11 Å². The molecule has 0 rings (SSSR count). The fourth-order valence-electron chi connectivity index (χ4n) is 1.02. The lowest BCUT2D eigenvalue weighted by atomic mass is 10.2. The Morgan fingerprint density at radius 2 is 1.93 bits per heavy atom. The fraction of sp³-hybridized carbons (Fsp3) is 0.818. The minimum atomic E-state index is -0.196. The van der Waals surface area contributed by atoms with Crippen LogP contribution in [0.2, 0.25) is 0 Å². The molecule has 3 nitrogen and oxygen atoms in total. The maximum Gasteiger partial charge on any atom is 0.182 e. The molecule has 0 fully saturated rings. The van der Waals surface area contributed by atoms with E-state index >= 15 is 0 Å². The van der Waals surface area contributed by atoms with Crippen LogP contribution in [0.15, 0.2) is 12.5 Å². The number of rotatable bonds is 5. The van der Waals surface area contributed by atoms with Gasteiger partial charge in [-0.25, -0.2) is 0 Å². The molecule has 0 bridgehead atoms. The van der Waals surface area contributed by atoms with Crippen LogP contribution in [0.1, 0.15) is 27.7 Å². The van der Waals surface area contributed by atoms with Crippen LogP contribution in [0.5, 0.6) is 0 Å². The van der Waals surface area contributed by atoms with Crippen LogP contribution in [-0.2, 0) is 9.47 Å². The summed E-state index contributed by atoms with van der Waals surface area (Å²) >= 11 is 0. The summed E-state index contributed by atoms with van der Waals surface area (Å²) < 4.78 is 10.7. The van der Waals surface area contributed by atoms with Gasteiger partial charge >= 0.3 is 0 Å². The minimum Gasteiger partial charge on any atom is -0.474 e. The molecular formula is C11H23NO2. The van der Waals surface area contributed by atoms with E-state index in [1.807, 2.05) is 32.7 Å². The van der Waals surface area contributed by atoms with E-state index in [-0.39, 0.29) is 11.6 Å². The van der Waals surface area contributed by atoms with E-state index < -0.39 is 0 Å². The third-order valence-corrected chi connectivity index (χ3v) is 1.89. The molecule has 0 aliphatic rings. The number of nitrogens with zero attached hydrogens (tertiary/aromatic N) is 1. The Labute approximate surface area is 87.7 Å². The van der Waals surface area contributed by atoms with Gasteiger partial charge < -0.3 is 14.4 Å². The van der Waals surface area contributed by atoms with Crippen molar-refractivity contribution in [2.45, 2.75) is 39.3 Å². The Morgan fingerprint density at radius 3 is 2.29 bits per heavy atom. The highest BCUT2D eigenvalue weighted by Crippen LogP contribution is 2.16. The lowest BCUT2D eigenvalue weighted by Crippen LogP contribution is -2.35. The molecule has 0 aromatic heterocycles. The van der Waals surface area contributed by atoms with Crippen LogP contribution in [0, 0.1) is 0 Å². The predicted octanol–water partition coefficient (Wildman–Crippen LogP) is 2.24. The Bertz CT molecular complexity index is 184. The molecule has 0 aromatic rings. The lowest BCUT2D eigenvalue weighted by Gasteiger charge is -2.32. The summed E-state index contributed by atoms with van der Waals surface area (Å²) in [6, 6.07) is 0.273. The quantitative estimate of drug-likeness (QED) is 0.637. The van der Waals surface area contributed by atoms with Crippen LogP contribution in [0.4, 0.5) is 0 Å². The predicted molar refractivity (Wildman–Crippen MR) is 59.1 cm³/mol. The zero-order valence-electron chi connectivity index (χ0n) is 10.3. The Morgan fingerprint density at radius 1 is 1.43 bits per heavy atom.